The molecule has 0 saturated heterocycles. The molecule has 1 unspecified atom stereocenters. The summed E-state index contributed by atoms with van der Waals surface area (Å²) in [4.78, 5) is 4.43. The van der Waals surface area contributed by atoms with Crippen LogP contribution in [0.25, 0.3) is 0 Å². The first-order chi connectivity index (χ1) is 7.69. The van der Waals surface area contributed by atoms with Crippen LogP contribution in [0.2, 0.25) is 0 Å². The van der Waals surface area contributed by atoms with Crippen LogP contribution in [-0.4, -0.2) is 25.7 Å². The average molecular weight is 352 g/mol. The number of nitrogens with zero attached hydrogens (tertiary/aromatic N) is 1. The summed E-state index contributed by atoms with van der Waals surface area (Å²) in [6.07, 6.45) is 3.85. The molecule has 0 aliphatic carbocycles. The van der Waals surface area contributed by atoms with E-state index < -0.39 is 0 Å². The van der Waals surface area contributed by atoms with Crippen molar-refractivity contribution < 1.29 is 4.74 Å². The molecule has 0 aliphatic heterocycles. The number of nitrogens with one attached hydrogen (secondary N) is 1. The lowest BCUT2D eigenvalue weighted by Crippen LogP contribution is -2.18. The molecular weight excluding hydrogens is 336 g/mol. The van der Waals surface area contributed by atoms with Crippen LogP contribution in [0.15, 0.2) is 21.2 Å². The van der Waals surface area contributed by atoms with Crippen LogP contribution < -0.4 is 5.32 Å². The maximum absolute atomic E-state index is 5.05. The van der Waals surface area contributed by atoms with Crippen LogP contribution in [0.4, 0.5) is 0 Å². The number of pyridine rings is 1. The van der Waals surface area contributed by atoms with Crippen LogP contribution in [0.1, 0.15) is 24.6 Å². The molecule has 0 aromatic carbocycles. The lowest BCUT2D eigenvalue weighted by atomic mass is 10.1. The second kappa shape index (κ2) is 7.37. The summed E-state index contributed by atoms with van der Waals surface area (Å²) in [5.41, 5.74) is 1.04. The van der Waals surface area contributed by atoms with Gasteiger partial charge in [-0.1, -0.05) is 0 Å². The number of ether oxygens (including phenoxy) is 1. The van der Waals surface area contributed by atoms with Gasteiger partial charge in [0.1, 0.15) is 0 Å². The van der Waals surface area contributed by atoms with Crippen LogP contribution >= 0.6 is 31.9 Å². The van der Waals surface area contributed by atoms with Gasteiger partial charge >= 0.3 is 0 Å². The fourth-order valence-corrected chi connectivity index (χ4v) is 2.79. The van der Waals surface area contributed by atoms with Gasteiger partial charge in [0.05, 0.1) is 11.7 Å². The van der Waals surface area contributed by atoms with E-state index >= 15 is 0 Å². The first kappa shape index (κ1) is 14.1. The topological polar surface area (TPSA) is 34.1 Å². The smallest absolute Gasteiger partial charge is 0.0715 e. The van der Waals surface area contributed by atoms with Crippen molar-refractivity contribution in [1.82, 2.24) is 10.3 Å². The zero-order valence-electron chi connectivity index (χ0n) is 9.46. The largest absolute Gasteiger partial charge is 0.385 e. The first-order valence-corrected chi connectivity index (χ1v) is 6.74. The van der Waals surface area contributed by atoms with E-state index in [0.29, 0.717) is 0 Å². The van der Waals surface area contributed by atoms with Gasteiger partial charge < -0.3 is 10.1 Å². The van der Waals surface area contributed by atoms with Gasteiger partial charge in [-0.05, 0) is 57.8 Å². The normalized spacial score (nSPS) is 12.8. The van der Waals surface area contributed by atoms with Crippen LogP contribution in [0.3, 0.4) is 0 Å². The van der Waals surface area contributed by atoms with Gasteiger partial charge in [-0.2, -0.15) is 0 Å². The van der Waals surface area contributed by atoms with Crippen molar-refractivity contribution >= 4 is 31.9 Å². The van der Waals surface area contributed by atoms with E-state index in [2.05, 4.69) is 42.2 Å². The van der Waals surface area contributed by atoms with Gasteiger partial charge in [-0.25, -0.2) is 0 Å². The van der Waals surface area contributed by atoms with Gasteiger partial charge in [-0.3, -0.25) is 4.98 Å². The fraction of sp³-hybridized carbons (Fsp3) is 0.545. The fourth-order valence-electron chi connectivity index (χ4n) is 1.53. The minimum Gasteiger partial charge on any atom is -0.385 e. The van der Waals surface area contributed by atoms with Crippen molar-refractivity contribution in [2.45, 2.75) is 18.9 Å². The van der Waals surface area contributed by atoms with Crippen LogP contribution in [-0.2, 0) is 4.74 Å². The highest BCUT2D eigenvalue weighted by Crippen LogP contribution is 2.26. The van der Waals surface area contributed by atoms with E-state index in [1.54, 1.807) is 7.11 Å². The van der Waals surface area contributed by atoms with Crippen LogP contribution in [0.5, 0.6) is 0 Å². The Labute approximate surface area is 113 Å². The maximum atomic E-state index is 5.05. The average Bonchev–Trinajstić information content (AvgIpc) is 2.26. The predicted molar refractivity (Wildman–Crippen MR) is 72.5 cm³/mol. The minimum atomic E-state index is 0.262. The Bertz CT molecular complexity index is 334. The Morgan fingerprint density at radius 2 is 2.25 bits per heavy atom. The molecule has 0 radical (unpaired) electrons. The maximum Gasteiger partial charge on any atom is 0.0715 e. The molecule has 0 fully saturated rings. The Kier molecular flexibility index (Phi) is 6.49. The van der Waals surface area contributed by atoms with Gasteiger partial charge in [0.15, 0.2) is 0 Å². The molecule has 90 valence electrons. The number of aromatic nitrogens is 1. The zero-order chi connectivity index (χ0) is 12.0. The molecule has 1 aromatic heterocycles. The first-order valence-electron chi connectivity index (χ1n) is 5.16. The molecule has 0 amide bonds. The van der Waals surface area contributed by atoms with Crippen molar-refractivity contribution in [2.75, 3.05) is 20.8 Å². The number of hydrogen-bond donors (Lipinski definition) is 1. The molecule has 3 nitrogen and oxygen atoms in total. The van der Waals surface area contributed by atoms with E-state index in [9.17, 15) is 0 Å². The van der Waals surface area contributed by atoms with Gasteiger partial charge in [-0.15, -0.1) is 0 Å². The van der Waals surface area contributed by atoms with E-state index in [1.165, 1.54) is 0 Å². The summed E-state index contributed by atoms with van der Waals surface area (Å²) in [7, 11) is 3.68. The minimum absolute atomic E-state index is 0.262. The van der Waals surface area contributed by atoms with Crippen LogP contribution in [0, 0.1) is 0 Å². The number of halogens is 2. The van der Waals surface area contributed by atoms with E-state index in [4.69, 9.17) is 4.74 Å². The Morgan fingerprint density at radius 1 is 1.50 bits per heavy atom. The molecule has 1 N–H and O–H groups in total. The highest BCUT2D eigenvalue weighted by atomic mass is 79.9. The van der Waals surface area contributed by atoms with Crippen molar-refractivity contribution in [3.05, 3.63) is 26.9 Å². The van der Waals surface area contributed by atoms with Crippen molar-refractivity contribution in [2.24, 2.45) is 0 Å². The molecule has 0 aliphatic rings. The number of rotatable bonds is 6. The molecule has 16 heavy (non-hydrogen) atoms. The Hall–Kier alpha value is 0.0300. The van der Waals surface area contributed by atoms with Gasteiger partial charge in [0, 0.05) is 28.9 Å². The van der Waals surface area contributed by atoms with Crippen molar-refractivity contribution in [3.63, 3.8) is 0 Å². The summed E-state index contributed by atoms with van der Waals surface area (Å²) in [5, 5.41) is 3.27. The molecule has 0 spiro atoms. The van der Waals surface area contributed by atoms with Gasteiger partial charge in [0.2, 0.25) is 0 Å². The molecule has 1 atom stereocenters. The lowest BCUT2D eigenvalue weighted by molar-refractivity contribution is 0.189. The summed E-state index contributed by atoms with van der Waals surface area (Å²) >= 11 is 6.93. The van der Waals surface area contributed by atoms with Crippen molar-refractivity contribution in [1.29, 1.82) is 0 Å². The summed E-state index contributed by atoms with van der Waals surface area (Å²) in [5.74, 6) is 0. The third kappa shape index (κ3) is 4.13. The number of hydrogen-bond acceptors (Lipinski definition) is 3. The second-order valence-corrected chi connectivity index (χ2v) is 5.27. The molecule has 5 heteroatoms. The summed E-state index contributed by atoms with van der Waals surface area (Å²) < 4.78 is 7.06. The standard InChI is InChI=1S/C11H16Br2N2O/c1-14-10(4-3-5-16-2)11-9(13)6-8(12)7-15-11/h6-7,10,14H,3-5H2,1-2H3. The number of methoxy groups -OCH3 is 1. The summed E-state index contributed by atoms with van der Waals surface area (Å²) in [6, 6.07) is 2.28. The van der Waals surface area contributed by atoms with E-state index in [0.717, 1.165) is 34.1 Å². The third-order valence-corrected chi connectivity index (χ3v) is 3.42. The second-order valence-electron chi connectivity index (χ2n) is 3.50. The molecule has 0 saturated carbocycles. The Morgan fingerprint density at radius 3 is 2.81 bits per heavy atom. The monoisotopic (exact) mass is 350 g/mol. The van der Waals surface area contributed by atoms with Crippen molar-refractivity contribution in [3.8, 4) is 0 Å². The molecule has 0 bridgehead atoms. The molecule has 1 heterocycles. The highest BCUT2D eigenvalue weighted by Gasteiger charge is 2.13. The molecule has 1 rings (SSSR count). The Balaban J connectivity index is 2.70. The zero-order valence-corrected chi connectivity index (χ0v) is 12.6. The summed E-state index contributed by atoms with van der Waals surface area (Å²) in [6.45, 7) is 0.784. The SMILES string of the molecule is CNC(CCCOC)c1ncc(Br)cc1Br. The molecule has 1 aromatic rings. The van der Waals surface area contributed by atoms with E-state index in [1.807, 2.05) is 19.3 Å². The van der Waals surface area contributed by atoms with Gasteiger partial charge in [0.25, 0.3) is 0 Å². The third-order valence-electron chi connectivity index (χ3n) is 2.36. The quantitative estimate of drug-likeness (QED) is 0.798. The molecular formula is C11H16Br2N2O. The predicted octanol–water partition coefficient (Wildman–Crippen LogP) is 3.29. The lowest BCUT2D eigenvalue weighted by Gasteiger charge is -2.16. The van der Waals surface area contributed by atoms with E-state index in [-0.39, 0.29) is 6.04 Å². The highest BCUT2D eigenvalue weighted by molar-refractivity contribution is 9.11.